The molecule has 1 aromatic rings. The quantitative estimate of drug-likeness (QED) is 0.396. The maximum Gasteiger partial charge on any atom is 0.254 e. The fourth-order valence-corrected chi connectivity index (χ4v) is 1.96. The number of thioether (sulfide) groups is 1. The lowest BCUT2D eigenvalue weighted by atomic mass is 10.2. The fourth-order valence-electron chi connectivity index (χ4n) is 1.16. The highest BCUT2D eigenvalue weighted by atomic mass is 35.6. The van der Waals surface area contributed by atoms with E-state index < -0.39 is 9.58 Å². The van der Waals surface area contributed by atoms with Gasteiger partial charge in [0.05, 0.1) is 5.69 Å². The predicted molar refractivity (Wildman–Crippen MR) is 80.0 cm³/mol. The first-order valence-electron chi connectivity index (χ1n) is 5.23. The largest absolute Gasteiger partial charge is 0.357 e. The maximum absolute atomic E-state index is 11.6. The molecule has 0 aromatic carbocycles. The summed E-state index contributed by atoms with van der Waals surface area (Å²) in [6.07, 6.45) is 2.15. The second-order valence-corrected chi connectivity index (χ2v) is 7.07. The molecule has 1 rings (SSSR count). The summed E-state index contributed by atoms with van der Waals surface area (Å²) in [6, 6.07) is 1.52. The van der Waals surface area contributed by atoms with Crippen molar-refractivity contribution in [3.05, 3.63) is 23.5 Å². The number of hydrogen-bond donors (Lipinski definition) is 1. The van der Waals surface area contributed by atoms with E-state index in [-0.39, 0.29) is 10.8 Å². The van der Waals surface area contributed by atoms with Gasteiger partial charge in [0, 0.05) is 30.9 Å². The molecular formula is C12H10Cl3NO2S. The number of nitrogens with one attached hydrogen (secondary N) is 1. The molecule has 0 unspecified atom stereocenters. The van der Waals surface area contributed by atoms with Crippen molar-refractivity contribution in [2.24, 2.45) is 0 Å². The molecule has 0 atom stereocenters. The summed E-state index contributed by atoms with van der Waals surface area (Å²) in [5.74, 6) is 5.77. The van der Waals surface area contributed by atoms with Crippen LogP contribution in [-0.4, -0.2) is 25.4 Å². The number of carbonyl (C=O) groups excluding carboxylic acids is 2. The van der Waals surface area contributed by atoms with Crippen molar-refractivity contribution in [1.29, 1.82) is 0 Å². The molecule has 1 heterocycles. The molecule has 0 aliphatic rings. The van der Waals surface area contributed by atoms with E-state index in [2.05, 4.69) is 16.8 Å². The SMILES string of the molecule is CC(=O)SCCC#Cc1c[nH]c(C(=O)C(Cl)(Cl)Cl)c1. The van der Waals surface area contributed by atoms with Gasteiger partial charge >= 0.3 is 0 Å². The number of hydrogen-bond acceptors (Lipinski definition) is 3. The lowest BCUT2D eigenvalue weighted by Crippen LogP contribution is -2.19. The molecule has 0 spiro atoms. The number of alkyl halides is 3. The van der Waals surface area contributed by atoms with E-state index >= 15 is 0 Å². The zero-order valence-corrected chi connectivity index (χ0v) is 13.0. The Labute approximate surface area is 130 Å². The summed E-state index contributed by atoms with van der Waals surface area (Å²) in [7, 11) is 0. The first-order chi connectivity index (χ1) is 8.80. The monoisotopic (exact) mass is 337 g/mol. The summed E-state index contributed by atoms with van der Waals surface area (Å²) in [4.78, 5) is 25.0. The average Bonchev–Trinajstić information content (AvgIpc) is 2.74. The van der Waals surface area contributed by atoms with E-state index in [9.17, 15) is 9.59 Å². The topological polar surface area (TPSA) is 49.9 Å². The molecule has 0 saturated carbocycles. The summed E-state index contributed by atoms with van der Waals surface area (Å²) in [5, 5.41) is 0.0685. The second kappa shape index (κ2) is 7.25. The minimum Gasteiger partial charge on any atom is -0.357 e. The third kappa shape index (κ3) is 5.92. The van der Waals surface area contributed by atoms with Crippen LogP contribution in [-0.2, 0) is 4.79 Å². The number of rotatable bonds is 3. The molecule has 0 amide bonds. The minimum atomic E-state index is -1.98. The molecule has 0 aliphatic heterocycles. The van der Waals surface area contributed by atoms with Crippen LogP contribution in [0.2, 0.25) is 0 Å². The van der Waals surface area contributed by atoms with Crippen molar-refractivity contribution < 1.29 is 9.59 Å². The first kappa shape index (κ1) is 16.5. The van der Waals surface area contributed by atoms with Gasteiger partial charge in [0.1, 0.15) is 0 Å². The van der Waals surface area contributed by atoms with Gasteiger partial charge in [-0.25, -0.2) is 0 Å². The zero-order chi connectivity index (χ0) is 14.5. The number of H-pyrrole nitrogens is 1. The molecular weight excluding hydrogens is 329 g/mol. The maximum atomic E-state index is 11.6. The Bertz CT molecular complexity index is 537. The number of Topliss-reactive ketones (excluding diaryl/α,β-unsaturated/α-hetero) is 1. The highest BCUT2D eigenvalue weighted by Gasteiger charge is 2.32. The Morgan fingerprint density at radius 1 is 1.42 bits per heavy atom. The van der Waals surface area contributed by atoms with Gasteiger partial charge in [0.2, 0.25) is 5.78 Å². The van der Waals surface area contributed by atoms with Crippen molar-refractivity contribution in [3.8, 4) is 11.8 Å². The van der Waals surface area contributed by atoms with Crippen molar-refractivity contribution in [3.63, 3.8) is 0 Å². The van der Waals surface area contributed by atoms with Crippen LogP contribution in [0.15, 0.2) is 12.3 Å². The molecule has 19 heavy (non-hydrogen) atoms. The van der Waals surface area contributed by atoms with E-state index in [1.54, 1.807) is 6.20 Å². The Morgan fingerprint density at radius 2 is 2.11 bits per heavy atom. The standard InChI is InChI=1S/C12H10Cl3NO2S/c1-8(17)19-5-3-2-4-9-6-10(16-7-9)11(18)12(13,14)15/h6-7,16H,3,5H2,1H3. The number of halogens is 3. The molecule has 102 valence electrons. The number of aromatic nitrogens is 1. The van der Waals surface area contributed by atoms with Crippen LogP contribution in [0.25, 0.3) is 0 Å². The smallest absolute Gasteiger partial charge is 0.254 e. The van der Waals surface area contributed by atoms with Crippen molar-refractivity contribution in [2.45, 2.75) is 17.1 Å². The zero-order valence-electron chi connectivity index (χ0n) is 9.93. The Morgan fingerprint density at radius 3 is 2.68 bits per heavy atom. The Kier molecular flexibility index (Phi) is 6.28. The van der Waals surface area contributed by atoms with Gasteiger partial charge in [-0.15, -0.1) is 0 Å². The van der Waals surface area contributed by atoms with E-state index in [1.165, 1.54) is 24.8 Å². The second-order valence-electron chi connectivity index (χ2n) is 3.52. The van der Waals surface area contributed by atoms with Crippen LogP contribution in [0.3, 0.4) is 0 Å². The molecule has 3 nitrogen and oxygen atoms in total. The van der Waals surface area contributed by atoms with Crippen LogP contribution >= 0.6 is 46.6 Å². The van der Waals surface area contributed by atoms with Crippen LogP contribution in [0.4, 0.5) is 0 Å². The van der Waals surface area contributed by atoms with Crippen LogP contribution in [0, 0.1) is 11.8 Å². The van der Waals surface area contributed by atoms with Gasteiger partial charge < -0.3 is 4.98 Å². The summed E-state index contributed by atoms with van der Waals surface area (Å²) >= 11 is 17.7. The third-order valence-corrected chi connectivity index (χ3v) is 3.28. The number of ketones is 1. The van der Waals surface area contributed by atoms with Gasteiger partial charge in [-0.05, 0) is 6.07 Å². The lowest BCUT2D eigenvalue weighted by Gasteiger charge is -2.06. The average molecular weight is 339 g/mol. The number of aromatic amines is 1. The first-order valence-corrected chi connectivity index (χ1v) is 7.35. The highest BCUT2D eigenvalue weighted by Crippen LogP contribution is 2.30. The molecule has 0 radical (unpaired) electrons. The van der Waals surface area contributed by atoms with E-state index in [0.717, 1.165) is 0 Å². The highest BCUT2D eigenvalue weighted by molar-refractivity contribution is 8.13. The number of carbonyl (C=O) groups is 2. The van der Waals surface area contributed by atoms with Gasteiger partial charge in [-0.1, -0.05) is 58.4 Å². The lowest BCUT2D eigenvalue weighted by molar-refractivity contribution is -0.109. The van der Waals surface area contributed by atoms with Crippen LogP contribution in [0.1, 0.15) is 29.4 Å². The molecule has 1 N–H and O–H groups in total. The van der Waals surface area contributed by atoms with Crippen molar-refractivity contribution in [2.75, 3.05) is 5.75 Å². The Hall–Kier alpha value is -0.600. The van der Waals surface area contributed by atoms with E-state index in [0.29, 0.717) is 17.7 Å². The van der Waals surface area contributed by atoms with Gasteiger partial charge in [-0.2, -0.15) is 0 Å². The normalized spacial score (nSPS) is 10.7. The summed E-state index contributed by atoms with van der Waals surface area (Å²) in [5.41, 5.74) is 0.827. The molecule has 7 heteroatoms. The van der Waals surface area contributed by atoms with Crippen LogP contribution < -0.4 is 0 Å². The van der Waals surface area contributed by atoms with Gasteiger partial charge in [-0.3, -0.25) is 9.59 Å². The van der Waals surface area contributed by atoms with Crippen molar-refractivity contribution in [1.82, 2.24) is 4.98 Å². The van der Waals surface area contributed by atoms with E-state index in [1.807, 2.05) is 0 Å². The summed E-state index contributed by atoms with van der Waals surface area (Å²) in [6.45, 7) is 1.51. The third-order valence-electron chi connectivity index (χ3n) is 1.95. The van der Waals surface area contributed by atoms with Crippen molar-refractivity contribution >= 4 is 57.5 Å². The van der Waals surface area contributed by atoms with E-state index in [4.69, 9.17) is 34.8 Å². The molecule has 0 saturated heterocycles. The molecule has 1 aromatic heterocycles. The van der Waals surface area contributed by atoms with Gasteiger partial charge in [0.25, 0.3) is 3.79 Å². The van der Waals surface area contributed by atoms with Crippen LogP contribution in [0.5, 0.6) is 0 Å². The fraction of sp³-hybridized carbons (Fsp3) is 0.333. The molecule has 0 aliphatic carbocycles. The molecule has 0 fully saturated rings. The minimum absolute atomic E-state index is 0.0685. The Balaban J connectivity index is 2.59. The summed E-state index contributed by atoms with van der Waals surface area (Å²) < 4.78 is -1.98. The molecule has 0 bridgehead atoms. The predicted octanol–water partition coefficient (Wildman–Crippen LogP) is 3.59. The van der Waals surface area contributed by atoms with Gasteiger partial charge in [0.15, 0.2) is 5.12 Å².